The highest BCUT2D eigenvalue weighted by molar-refractivity contribution is 5.78. The standard InChI is InChI=1S/C14H19N3O/c1-17-8-2-4-14(17)12-10-11(5-6-13(12)15)16-7-3-9-18/h2,4-6,8,10,16,18H,3,7,9,15H2,1H3. The Morgan fingerprint density at radius 1 is 1.33 bits per heavy atom. The molecule has 0 bridgehead atoms. The van der Waals surface area contributed by atoms with Gasteiger partial charge in [0.1, 0.15) is 0 Å². The second-order valence-electron chi connectivity index (χ2n) is 4.31. The van der Waals surface area contributed by atoms with Crippen LogP contribution in [0.4, 0.5) is 11.4 Å². The zero-order valence-corrected chi connectivity index (χ0v) is 10.6. The van der Waals surface area contributed by atoms with Gasteiger partial charge in [0.15, 0.2) is 0 Å². The second kappa shape index (κ2) is 5.60. The average Bonchev–Trinajstić information content (AvgIpc) is 2.78. The van der Waals surface area contributed by atoms with Crippen molar-refractivity contribution in [2.75, 3.05) is 24.2 Å². The van der Waals surface area contributed by atoms with Crippen LogP contribution in [0.15, 0.2) is 36.5 Å². The SMILES string of the molecule is Cn1cccc1-c1cc(NCCCO)ccc1N. The number of hydrogen-bond acceptors (Lipinski definition) is 3. The van der Waals surface area contributed by atoms with E-state index in [1.807, 2.05) is 48.1 Å². The molecule has 4 N–H and O–H groups in total. The van der Waals surface area contributed by atoms with Crippen LogP contribution in [0, 0.1) is 0 Å². The normalized spacial score (nSPS) is 10.6. The van der Waals surface area contributed by atoms with Crippen LogP contribution in [-0.4, -0.2) is 22.8 Å². The third-order valence-electron chi connectivity index (χ3n) is 2.94. The van der Waals surface area contributed by atoms with Crippen molar-refractivity contribution >= 4 is 11.4 Å². The molecule has 0 aliphatic rings. The van der Waals surface area contributed by atoms with E-state index in [-0.39, 0.29) is 6.61 Å². The van der Waals surface area contributed by atoms with Gasteiger partial charge in [-0.25, -0.2) is 0 Å². The van der Waals surface area contributed by atoms with Gasteiger partial charge in [0.2, 0.25) is 0 Å². The number of anilines is 2. The number of aromatic nitrogens is 1. The fourth-order valence-electron chi connectivity index (χ4n) is 1.94. The maximum atomic E-state index is 8.77. The predicted octanol–water partition coefficient (Wildman–Crippen LogP) is 2.07. The Morgan fingerprint density at radius 3 is 2.83 bits per heavy atom. The van der Waals surface area contributed by atoms with Crippen molar-refractivity contribution in [2.24, 2.45) is 7.05 Å². The molecule has 4 nitrogen and oxygen atoms in total. The minimum Gasteiger partial charge on any atom is -0.398 e. The van der Waals surface area contributed by atoms with Crippen LogP contribution < -0.4 is 11.1 Å². The van der Waals surface area contributed by atoms with Gasteiger partial charge in [0.05, 0.1) is 0 Å². The molecule has 0 fully saturated rings. The van der Waals surface area contributed by atoms with Crippen molar-refractivity contribution in [3.8, 4) is 11.3 Å². The third-order valence-corrected chi connectivity index (χ3v) is 2.94. The van der Waals surface area contributed by atoms with Crippen molar-refractivity contribution in [3.63, 3.8) is 0 Å². The Balaban J connectivity index is 2.25. The lowest BCUT2D eigenvalue weighted by molar-refractivity contribution is 0.292. The van der Waals surface area contributed by atoms with Crippen LogP contribution >= 0.6 is 0 Å². The Bertz CT molecular complexity index is 520. The molecule has 96 valence electrons. The number of nitrogens with zero attached hydrogens (tertiary/aromatic N) is 1. The van der Waals surface area contributed by atoms with Gasteiger partial charge in [-0.2, -0.15) is 0 Å². The highest BCUT2D eigenvalue weighted by atomic mass is 16.3. The zero-order chi connectivity index (χ0) is 13.0. The molecule has 2 aromatic rings. The molecule has 0 spiro atoms. The summed E-state index contributed by atoms with van der Waals surface area (Å²) in [6.45, 7) is 0.958. The first-order valence-electron chi connectivity index (χ1n) is 6.08. The van der Waals surface area contributed by atoms with Gasteiger partial charge < -0.3 is 20.7 Å². The molecule has 0 radical (unpaired) electrons. The van der Waals surface area contributed by atoms with Crippen molar-refractivity contribution in [3.05, 3.63) is 36.5 Å². The lowest BCUT2D eigenvalue weighted by Gasteiger charge is -2.11. The summed E-state index contributed by atoms with van der Waals surface area (Å²) in [6, 6.07) is 9.95. The van der Waals surface area contributed by atoms with E-state index in [9.17, 15) is 0 Å². The molecule has 0 saturated carbocycles. The molecule has 1 aromatic heterocycles. The van der Waals surface area contributed by atoms with E-state index in [1.165, 1.54) is 0 Å². The van der Waals surface area contributed by atoms with Gasteiger partial charge in [-0.1, -0.05) is 0 Å². The summed E-state index contributed by atoms with van der Waals surface area (Å²) >= 11 is 0. The minimum atomic E-state index is 0.201. The highest BCUT2D eigenvalue weighted by Gasteiger charge is 2.06. The first kappa shape index (κ1) is 12.5. The fraction of sp³-hybridized carbons (Fsp3) is 0.286. The molecule has 0 saturated heterocycles. The number of benzene rings is 1. The highest BCUT2D eigenvalue weighted by Crippen LogP contribution is 2.28. The van der Waals surface area contributed by atoms with E-state index in [2.05, 4.69) is 5.32 Å². The zero-order valence-electron chi connectivity index (χ0n) is 10.6. The summed E-state index contributed by atoms with van der Waals surface area (Å²) in [6.07, 6.45) is 2.74. The lowest BCUT2D eigenvalue weighted by Crippen LogP contribution is -2.04. The Hall–Kier alpha value is -1.94. The Kier molecular flexibility index (Phi) is 3.89. The van der Waals surface area contributed by atoms with Crippen molar-refractivity contribution in [2.45, 2.75) is 6.42 Å². The van der Waals surface area contributed by atoms with Crippen LogP contribution in [0.1, 0.15) is 6.42 Å². The topological polar surface area (TPSA) is 63.2 Å². The average molecular weight is 245 g/mol. The second-order valence-corrected chi connectivity index (χ2v) is 4.31. The number of nitrogens with two attached hydrogens (primary N) is 1. The molecule has 4 heteroatoms. The summed E-state index contributed by atoms with van der Waals surface area (Å²) in [5.74, 6) is 0. The fourth-order valence-corrected chi connectivity index (χ4v) is 1.94. The smallest absolute Gasteiger partial charge is 0.0499 e. The van der Waals surface area contributed by atoms with E-state index in [1.54, 1.807) is 0 Å². The molecule has 1 aromatic carbocycles. The number of aliphatic hydroxyl groups excluding tert-OH is 1. The number of nitrogens with one attached hydrogen (secondary N) is 1. The molecule has 18 heavy (non-hydrogen) atoms. The first-order valence-corrected chi connectivity index (χ1v) is 6.08. The predicted molar refractivity (Wildman–Crippen MR) is 75.5 cm³/mol. The van der Waals surface area contributed by atoms with Gasteiger partial charge in [0, 0.05) is 49.0 Å². The minimum absolute atomic E-state index is 0.201. The van der Waals surface area contributed by atoms with Gasteiger partial charge in [0.25, 0.3) is 0 Å². The molecule has 0 amide bonds. The first-order chi connectivity index (χ1) is 8.72. The molecular weight excluding hydrogens is 226 g/mol. The number of nitrogen functional groups attached to an aromatic ring is 1. The van der Waals surface area contributed by atoms with Gasteiger partial charge >= 0.3 is 0 Å². The maximum Gasteiger partial charge on any atom is 0.0499 e. The van der Waals surface area contributed by atoms with E-state index >= 15 is 0 Å². The third kappa shape index (κ3) is 2.65. The number of rotatable bonds is 5. The summed E-state index contributed by atoms with van der Waals surface area (Å²) < 4.78 is 2.04. The molecule has 2 rings (SSSR count). The Labute approximate surface area is 107 Å². The maximum absolute atomic E-state index is 8.77. The summed E-state index contributed by atoms with van der Waals surface area (Å²) in [5, 5.41) is 12.0. The Morgan fingerprint density at radius 2 is 2.17 bits per heavy atom. The van der Waals surface area contributed by atoms with E-state index in [4.69, 9.17) is 10.8 Å². The van der Waals surface area contributed by atoms with E-state index in [0.717, 1.165) is 35.6 Å². The van der Waals surface area contributed by atoms with Gasteiger partial charge in [-0.3, -0.25) is 0 Å². The lowest BCUT2D eigenvalue weighted by atomic mass is 10.1. The van der Waals surface area contributed by atoms with Crippen LogP contribution in [-0.2, 0) is 7.05 Å². The molecular formula is C14H19N3O. The molecule has 1 heterocycles. The molecule has 0 aliphatic carbocycles. The summed E-state index contributed by atoms with van der Waals surface area (Å²) in [7, 11) is 2.00. The summed E-state index contributed by atoms with van der Waals surface area (Å²) in [5.41, 5.74) is 9.93. The number of aryl methyl sites for hydroxylation is 1. The number of hydrogen-bond donors (Lipinski definition) is 3. The molecule has 0 unspecified atom stereocenters. The number of aliphatic hydroxyl groups is 1. The van der Waals surface area contributed by atoms with Crippen LogP contribution in [0.25, 0.3) is 11.3 Å². The van der Waals surface area contributed by atoms with E-state index in [0.29, 0.717) is 0 Å². The van der Waals surface area contributed by atoms with Gasteiger partial charge in [-0.15, -0.1) is 0 Å². The van der Waals surface area contributed by atoms with E-state index < -0.39 is 0 Å². The van der Waals surface area contributed by atoms with Crippen molar-refractivity contribution in [1.82, 2.24) is 4.57 Å². The van der Waals surface area contributed by atoms with Crippen LogP contribution in [0.2, 0.25) is 0 Å². The monoisotopic (exact) mass is 245 g/mol. The van der Waals surface area contributed by atoms with Gasteiger partial charge in [-0.05, 0) is 36.8 Å². The van der Waals surface area contributed by atoms with Crippen molar-refractivity contribution in [1.29, 1.82) is 0 Å². The largest absolute Gasteiger partial charge is 0.398 e. The van der Waals surface area contributed by atoms with Crippen LogP contribution in [0.5, 0.6) is 0 Å². The molecule has 0 aliphatic heterocycles. The quantitative estimate of drug-likeness (QED) is 0.558. The van der Waals surface area contributed by atoms with Crippen LogP contribution in [0.3, 0.4) is 0 Å². The summed E-state index contributed by atoms with van der Waals surface area (Å²) in [4.78, 5) is 0. The van der Waals surface area contributed by atoms with Crippen molar-refractivity contribution < 1.29 is 5.11 Å². The molecule has 0 atom stereocenters.